The molecule has 2 rings (SSSR count). The van der Waals surface area contributed by atoms with E-state index in [1.54, 1.807) is 6.07 Å². The van der Waals surface area contributed by atoms with E-state index in [9.17, 15) is 26.3 Å². The smallest absolute Gasteiger partial charge is 0.166 e. The van der Waals surface area contributed by atoms with E-state index in [4.69, 9.17) is 23.2 Å². The lowest BCUT2D eigenvalue weighted by atomic mass is 10.1. The Kier molecular flexibility index (Phi) is 5.67. The predicted molar refractivity (Wildman–Crippen MR) is 82.5 cm³/mol. The van der Waals surface area contributed by atoms with Gasteiger partial charge in [0.25, 0.3) is 0 Å². The first kappa shape index (κ1) is 19.3. The lowest BCUT2D eigenvalue weighted by Crippen LogP contribution is -2.10. The molecule has 0 atom stereocenters. The van der Waals surface area contributed by atoms with Crippen molar-refractivity contribution in [1.29, 1.82) is 0 Å². The molecule has 0 aliphatic carbocycles. The molecule has 130 valence electrons. The van der Waals surface area contributed by atoms with Gasteiger partial charge >= 0.3 is 12.4 Å². The van der Waals surface area contributed by atoms with Gasteiger partial charge in [-0.05, 0) is 35.9 Å². The van der Waals surface area contributed by atoms with Gasteiger partial charge in [-0.25, -0.2) is 0 Å². The van der Waals surface area contributed by atoms with Crippen LogP contribution in [0, 0.1) is 0 Å². The fraction of sp³-hybridized carbons (Fsp3) is 0.200. The number of hydrogen-bond donors (Lipinski definition) is 0. The van der Waals surface area contributed by atoms with Crippen LogP contribution in [0.5, 0.6) is 0 Å². The summed E-state index contributed by atoms with van der Waals surface area (Å²) in [4.78, 5) is -0.150. The largest absolute Gasteiger partial charge is 0.416 e. The monoisotopic (exact) mass is 404 g/mol. The summed E-state index contributed by atoms with van der Waals surface area (Å²) in [6, 6.07) is 6.02. The molecule has 0 radical (unpaired) electrons. The number of rotatable bonds is 3. The fourth-order valence-electron chi connectivity index (χ4n) is 1.81. The number of thioether (sulfide) groups is 1. The fourth-order valence-corrected chi connectivity index (χ4v) is 3.36. The first-order valence-corrected chi connectivity index (χ1v) is 8.07. The topological polar surface area (TPSA) is 0 Å². The quantitative estimate of drug-likeness (QED) is 0.381. The highest BCUT2D eigenvalue weighted by Gasteiger charge is 2.36. The molecular formula is C15H8Cl2F6S. The number of halogens is 8. The van der Waals surface area contributed by atoms with Gasteiger partial charge in [-0.15, -0.1) is 11.8 Å². The zero-order chi connectivity index (χ0) is 18.1. The Bertz CT molecular complexity index is 707. The van der Waals surface area contributed by atoms with Crippen molar-refractivity contribution < 1.29 is 26.3 Å². The highest BCUT2D eigenvalue weighted by atomic mass is 35.5. The van der Waals surface area contributed by atoms with E-state index < -0.39 is 23.5 Å². The Morgan fingerprint density at radius 3 is 1.79 bits per heavy atom. The molecule has 0 amide bonds. The van der Waals surface area contributed by atoms with Crippen LogP contribution in [0.4, 0.5) is 26.3 Å². The van der Waals surface area contributed by atoms with Crippen molar-refractivity contribution in [2.45, 2.75) is 23.0 Å². The minimum Gasteiger partial charge on any atom is -0.166 e. The molecular weight excluding hydrogens is 397 g/mol. The van der Waals surface area contributed by atoms with Gasteiger partial charge in [-0.3, -0.25) is 0 Å². The second-order valence-corrected chi connectivity index (χ2v) is 6.66. The van der Waals surface area contributed by atoms with Crippen LogP contribution < -0.4 is 0 Å². The molecule has 24 heavy (non-hydrogen) atoms. The summed E-state index contributed by atoms with van der Waals surface area (Å²) in [6.07, 6.45) is -9.73. The van der Waals surface area contributed by atoms with Crippen LogP contribution in [0.2, 0.25) is 10.0 Å². The van der Waals surface area contributed by atoms with E-state index in [0.717, 1.165) is 11.8 Å². The lowest BCUT2D eigenvalue weighted by molar-refractivity contribution is -0.143. The minimum absolute atomic E-state index is 0.0966. The SMILES string of the molecule is FC(F)(F)c1cc(SCc2ccc(Cl)cc2Cl)cc(C(F)(F)F)c1. The Balaban J connectivity index is 2.32. The third kappa shape index (κ3) is 4.97. The van der Waals surface area contributed by atoms with E-state index in [1.165, 1.54) is 12.1 Å². The van der Waals surface area contributed by atoms with E-state index in [2.05, 4.69) is 0 Å². The zero-order valence-corrected chi connectivity index (χ0v) is 13.9. The Hall–Kier alpha value is -1.05. The summed E-state index contributed by atoms with van der Waals surface area (Å²) in [5, 5.41) is 0.671. The van der Waals surface area contributed by atoms with Crippen molar-refractivity contribution >= 4 is 35.0 Å². The van der Waals surface area contributed by atoms with Crippen LogP contribution >= 0.6 is 35.0 Å². The summed E-state index contributed by atoms with van der Waals surface area (Å²) in [5.41, 5.74) is -2.14. The van der Waals surface area contributed by atoms with Crippen molar-refractivity contribution in [2.75, 3.05) is 0 Å². The van der Waals surface area contributed by atoms with Crippen LogP contribution in [-0.4, -0.2) is 0 Å². The number of alkyl halides is 6. The number of benzene rings is 2. The summed E-state index contributed by atoms with van der Waals surface area (Å²) in [5.74, 6) is 0.106. The van der Waals surface area contributed by atoms with Crippen LogP contribution in [-0.2, 0) is 18.1 Å². The van der Waals surface area contributed by atoms with E-state index >= 15 is 0 Å². The van der Waals surface area contributed by atoms with Crippen molar-refractivity contribution in [1.82, 2.24) is 0 Å². The highest BCUT2D eigenvalue weighted by molar-refractivity contribution is 7.98. The molecule has 0 unspecified atom stereocenters. The molecule has 9 heteroatoms. The lowest BCUT2D eigenvalue weighted by Gasteiger charge is -2.14. The van der Waals surface area contributed by atoms with E-state index in [1.807, 2.05) is 0 Å². The first-order chi connectivity index (χ1) is 11.0. The standard InChI is InChI=1S/C15H8Cl2F6S/c16-11-2-1-8(13(17)6-11)7-24-12-4-9(14(18,19)20)3-10(5-12)15(21,22)23/h1-6H,7H2. The van der Waals surface area contributed by atoms with Crippen LogP contribution in [0.3, 0.4) is 0 Å². The van der Waals surface area contributed by atoms with Gasteiger partial charge in [0.2, 0.25) is 0 Å². The van der Waals surface area contributed by atoms with Crippen LogP contribution in [0.1, 0.15) is 16.7 Å². The molecule has 0 N–H and O–H groups in total. The van der Waals surface area contributed by atoms with Crippen molar-refractivity contribution in [3.63, 3.8) is 0 Å². The summed E-state index contributed by atoms with van der Waals surface area (Å²) < 4.78 is 76.8. The third-order valence-electron chi connectivity index (χ3n) is 2.97. The molecule has 2 aromatic rings. The second-order valence-electron chi connectivity index (χ2n) is 4.77. The van der Waals surface area contributed by atoms with Crippen molar-refractivity contribution in [3.05, 3.63) is 63.1 Å². The van der Waals surface area contributed by atoms with Gasteiger partial charge in [0.1, 0.15) is 0 Å². The first-order valence-electron chi connectivity index (χ1n) is 6.33. The molecule has 0 saturated carbocycles. The molecule has 0 heterocycles. The van der Waals surface area contributed by atoms with Crippen LogP contribution in [0.15, 0.2) is 41.3 Å². The Labute approximate surface area is 147 Å². The van der Waals surface area contributed by atoms with Gasteiger partial charge < -0.3 is 0 Å². The van der Waals surface area contributed by atoms with Crippen molar-refractivity contribution in [2.24, 2.45) is 0 Å². The summed E-state index contributed by atoms with van der Waals surface area (Å²) in [7, 11) is 0. The molecule has 0 aromatic heterocycles. The molecule has 0 nitrogen and oxygen atoms in total. The van der Waals surface area contributed by atoms with Gasteiger partial charge in [-0.1, -0.05) is 29.3 Å². The maximum Gasteiger partial charge on any atom is 0.416 e. The zero-order valence-electron chi connectivity index (χ0n) is 11.6. The van der Waals surface area contributed by atoms with Crippen molar-refractivity contribution in [3.8, 4) is 0 Å². The third-order valence-corrected chi connectivity index (χ3v) is 4.58. The molecule has 0 saturated heterocycles. The minimum atomic E-state index is -4.87. The summed E-state index contributed by atoms with van der Waals surface area (Å²) in [6.45, 7) is 0. The van der Waals surface area contributed by atoms with E-state index in [-0.39, 0.29) is 21.7 Å². The Morgan fingerprint density at radius 2 is 1.33 bits per heavy atom. The van der Waals surface area contributed by atoms with Gasteiger partial charge in [-0.2, -0.15) is 26.3 Å². The molecule has 0 spiro atoms. The van der Waals surface area contributed by atoms with E-state index in [0.29, 0.717) is 22.7 Å². The normalized spacial score (nSPS) is 12.5. The summed E-state index contributed by atoms with van der Waals surface area (Å²) >= 11 is 12.5. The maximum atomic E-state index is 12.8. The van der Waals surface area contributed by atoms with Gasteiger partial charge in [0.05, 0.1) is 11.1 Å². The van der Waals surface area contributed by atoms with Gasteiger partial charge in [0.15, 0.2) is 0 Å². The molecule has 0 aliphatic heterocycles. The predicted octanol–water partition coefficient (Wildman–Crippen LogP) is 7.32. The second kappa shape index (κ2) is 7.06. The molecule has 0 fully saturated rings. The van der Waals surface area contributed by atoms with Gasteiger partial charge in [0, 0.05) is 20.7 Å². The van der Waals surface area contributed by atoms with Crippen LogP contribution in [0.25, 0.3) is 0 Å². The molecule has 0 aliphatic rings. The highest BCUT2D eigenvalue weighted by Crippen LogP contribution is 2.39. The molecule has 2 aromatic carbocycles. The average molecular weight is 405 g/mol. The number of hydrogen-bond acceptors (Lipinski definition) is 1. The maximum absolute atomic E-state index is 12.8. The average Bonchev–Trinajstić information content (AvgIpc) is 2.44. The Morgan fingerprint density at radius 1 is 0.792 bits per heavy atom. The molecule has 0 bridgehead atoms.